The van der Waals surface area contributed by atoms with Crippen molar-refractivity contribution in [1.29, 1.82) is 0 Å². The molecule has 0 unspecified atom stereocenters. The fraction of sp³-hybridized carbons (Fsp3) is 0.214. The van der Waals surface area contributed by atoms with Crippen LogP contribution in [-0.4, -0.2) is 36.5 Å². The third-order valence-electron chi connectivity index (χ3n) is 3.00. The van der Waals surface area contributed by atoms with Gasteiger partial charge in [-0.3, -0.25) is 0 Å². The van der Waals surface area contributed by atoms with E-state index in [2.05, 4.69) is 15.4 Å². The minimum Gasteiger partial charge on any atom is -0.396 e. The second kappa shape index (κ2) is 5.66. The van der Waals surface area contributed by atoms with Gasteiger partial charge in [-0.1, -0.05) is 17.3 Å². The molecule has 0 aliphatic rings. The zero-order valence-electron chi connectivity index (χ0n) is 10.9. The third kappa shape index (κ3) is 2.75. The van der Waals surface area contributed by atoms with E-state index in [1.54, 1.807) is 10.9 Å². The summed E-state index contributed by atoms with van der Waals surface area (Å²) in [5.41, 5.74) is 2.97. The van der Waals surface area contributed by atoms with Gasteiger partial charge in [-0.2, -0.15) is 5.10 Å². The van der Waals surface area contributed by atoms with Gasteiger partial charge in [-0.15, -0.1) is 5.10 Å². The highest BCUT2D eigenvalue weighted by Gasteiger charge is 2.02. The molecule has 3 rings (SSSR count). The lowest BCUT2D eigenvalue weighted by atomic mass is 10.2. The van der Waals surface area contributed by atoms with Crippen molar-refractivity contribution in [1.82, 2.24) is 24.8 Å². The molecular formula is C14H15N5O. The number of aromatic nitrogens is 5. The Kier molecular flexibility index (Phi) is 3.56. The van der Waals surface area contributed by atoms with E-state index in [-0.39, 0.29) is 6.61 Å². The summed E-state index contributed by atoms with van der Waals surface area (Å²) >= 11 is 0. The average Bonchev–Trinajstić information content (AvgIpc) is 3.12. The first-order valence-corrected chi connectivity index (χ1v) is 6.44. The van der Waals surface area contributed by atoms with Gasteiger partial charge in [0, 0.05) is 31.6 Å². The van der Waals surface area contributed by atoms with Crippen molar-refractivity contribution in [3.63, 3.8) is 0 Å². The highest BCUT2D eigenvalue weighted by Crippen LogP contribution is 2.09. The highest BCUT2D eigenvalue weighted by molar-refractivity contribution is 5.33. The second-order valence-corrected chi connectivity index (χ2v) is 4.50. The Hall–Kier alpha value is -2.47. The first-order valence-electron chi connectivity index (χ1n) is 6.44. The molecule has 2 heterocycles. The third-order valence-corrected chi connectivity index (χ3v) is 3.00. The molecule has 3 aromatic rings. The fourth-order valence-electron chi connectivity index (χ4n) is 2.01. The van der Waals surface area contributed by atoms with E-state index in [4.69, 9.17) is 5.11 Å². The van der Waals surface area contributed by atoms with E-state index in [9.17, 15) is 0 Å². The molecule has 1 aromatic carbocycles. The van der Waals surface area contributed by atoms with Gasteiger partial charge in [0.05, 0.1) is 17.9 Å². The summed E-state index contributed by atoms with van der Waals surface area (Å²) in [7, 11) is 0. The van der Waals surface area contributed by atoms with Crippen LogP contribution >= 0.6 is 0 Å². The van der Waals surface area contributed by atoms with Gasteiger partial charge in [-0.25, -0.2) is 9.36 Å². The van der Waals surface area contributed by atoms with Gasteiger partial charge in [0.1, 0.15) is 0 Å². The lowest BCUT2D eigenvalue weighted by Crippen LogP contribution is -2.01. The van der Waals surface area contributed by atoms with Crippen LogP contribution in [-0.2, 0) is 13.0 Å². The fourth-order valence-corrected chi connectivity index (χ4v) is 2.01. The maximum Gasteiger partial charge on any atom is 0.0850 e. The van der Waals surface area contributed by atoms with Crippen LogP contribution < -0.4 is 0 Å². The number of rotatable bonds is 5. The molecule has 0 amide bonds. The van der Waals surface area contributed by atoms with Crippen LogP contribution in [0.2, 0.25) is 0 Å². The standard InChI is InChI=1S/C14H15N5O/c20-9-6-13-11-18(17-16-13)10-12-2-4-14(5-3-12)19-8-1-7-15-19/h1-5,7-8,11,20H,6,9-10H2. The Morgan fingerprint density at radius 2 is 2.00 bits per heavy atom. The Bertz CT molecular complexity index is 657. The quantitative estimate of drug-likeness (QED) is 0.751. The minimum atomic E-state index is 0.0945. The van der Waals surface area contributed by atoms with E-state index in [0.717, 1.165) is 16.9 Å². The molecule has 0 fully saturated rings. The summed E-state index contributed by atoms with van der Waals surface area (Å²) in [6.45, 7) is 0.759. The van der Waals surface area contributed by atoms with Crippen molar-refractivity contribution in [3.8, 4) is 5.69 Å². The number of nitrogens with zero attached hydrogens (tertiary/aromatic N) is 5. The Balaban J connectivity index is 1.71. The van der Waals surface area contributed by atoms with Crippen molar-refractivity contribution in [2.45, 2.75) is 13.0 Å². The molecule has 0 aliphatic heterocycles. The predicted octanol–water partition coefficient (Wildman–Crippen LogP) is 1.05. The van der Waals surface area contributed by atoms with Crippen molar-refractivity contribution in [3.05, 3.63) is 60.2 Å². The van der Waals surface area contributed by atoms with Crippen LogP contribution in [0, 0.1) is 0 Å². The Morgan fingerprint density at radius 3 is 2.70 bits per heavy atom. The van der Waals surface area contributed by atoms with Gasteiger partial charge in [-0.05, 0) is 23.8 Å². The van der Waals surface area contributed by atoms with Crippen LogP contribution in [0.1, 0.15) is 11.3 Å². The lowest BCUT2D eigenvalue weighted by Gasteiger charge is -2.04. The molecule has 1 N–H and O–H groups in total. The van der Waals surface area contributed by atoms with Crippen LogP contribution in [0.25, 0.3) is 5.69 Å². The minimum absolute atomic E-state index is 0.0945. The molecule has 0 saturated carbocycles. The molecule has 0 saturated heterocycles. The molecule has 0 spiro atoms. The van der Waals surface area contributed by atoms with E-state index in [1.807, 2.05) is 47.4 Å². The topological polar surface area (TPSA) is 68.8 Å². The van der Waals surface area contributed by atoms with Crippen LogP contribution in [0.3, 0.4) is 0 Å². The molecule has 20 heavy (non-hydrogen) atoms. The number of hydrogen-bond acceptors (Lipinski definition) is 4. The second-order valence-electron chi connectivity index (χ2n) is 4.50. The predicted molar refractivity (Wildman–Crippen MR) is 73.5 cm³/mol. The van der Waals surface area contributed by atoms with Gasteiger partial charge in [0.15, 0.2) is 0 Å². The van der Waals surface area contributed by atoms with Gasteiger partial charge in [0.2, 0.25) is 0 Å². The Morgan fingerprint density at radius 1 is 1.15 bits per heavy atom. The highest BCUT2D eigenvalue weighted by atomic mass is 16.3. The summed E-state index contributed by atoms with van der Waals surface area (Å²) < 4.78 is 3.59. The lowest BCUT2D eigenvalue weighted by molar-refractivity contribution is 0.298. The van der Waals surface area contributed by atoms with E-state index in [1.165, 1.54) is 0 Å². The van der Waals surface area contributed by atoms with Gasteiger partial charge < -0.3 is 5.11 Å². The van der Waals surface area contributed by atoms with E-state index < -0.39 is 0 Å². The zero-order chi connectivity index (χ0) is 13.8. The van der Waals surface area contributed by atoms with Crippen molar-refractivity contribution >= 4 is 0 Å². The first kappa shape index (κ1) is 12.6. The zero-order valence-corrected chi connectivity index (χ0v) is 10.9. The molecule has 0 atom stereocenters. The molecular weight excluding hydrogens is 254 g/mol. The molecule has 6 heteroatoms. The molecule has 0 radical (unpaired) electrons. The van der Waals surface area contributed by atoms with Crippen molar-refractivity contribution in [2.75, 3.05) is 6.61 Å². The molecule has 6 nitrogen and oxygen atoms in total. The Labute approximate surface area is 116 Å². The summed E-state index contributed by atoms with van der Waals surface area (Å²) in [4.78, 5) is 0. The normalized spacial score (nSPS) is 10.8. The van der Waals surface area contributed by atoms with Crippen LogP contribution in [0.15, 0.2) is 48.9 Å². The van der Waals surface area contributed by atoms with Crippen LogP contribution in [0.4, 0.5) is 0 Å². The molecule has 102 valence electrons. The summed E-state index contributed by atoms with van der Waals surface area (Å²) in [6.07, 6.45) is 6.06. The monoisotopic (exact) mass is 269 g/mol. The number of aliphatic hydroxyl groups is 1. The van der Waals surface area contributed by atoms with Crippen molar-refractivity contribution in [2.24, 2.45) is 0 Å². The average molecular weight is 269 g/mol. The van der Waals surface area contributed by atoms with Gasteiger partial charge in [0.25, 0.3) is 0 Å². The number of hydrogen-bond donors (Lipinski definition) is 1. The SMILES string of the molecule is OCCc1cn(Cc2ccc(-n3cccn3)cc2)nn1. The summed E-state index contributed by atoms with van der Waals surface area (Å²) in [6, 6.07) is 10.0. The number of benzene rings is 1. The molecule has 2 aromatic heterocycles. The number of aliphatic hydroxyl groups excluding tert-OH is 1. The van der Waals surface area contributed by atoms with Crippen LogP contribution in [0.5, 0.6) is 0 Å². The van der Waals surface area contributed by atoms with Crippen molar-refractivity contribution < 1.29 is 5.11 Å². The molecule has 0 aliphatic carbocycles. The first-order chi connectivity index (χ1) is 9.85. The largest absolute Gasteiger partial charge is 0.396 e. The smallest absolute Gasteiger partial charge is 0.0850 e. The molecule has 0 bridgehead atoms. The maximum absolute atomic E-state index is 8.85. The van der Waals surface area contributed by atoms with E-state index in [0.29, 0.717) is 13.0 Å². The maximum atomic E-state index is 8.85. The summed E-state index contributed by atoms with van der Waals surface area (Å²) in [5, 5.41) is 21.1. The van der Waals surface area contributed by atoms with Gasteiger partial charge >= 0.3 is 0 Å². The van der Waals surface area contributed by atoms with E-state index >= 15 is 0 Å². The summed E-state index contributed by atoms with van der Waals surface area (Å²) in [5.74, 6) is 0.